The van der Waals surface area contributed by atoms with Crippen LogP contribution in [-0.4, -0.2) is 40.2 Å². The van der Waals surface area contributed by atoms with Crippen LogP contribution in [0.2, 0.25) is 0 Å². The molecular formula is C24H39NO4S. The number of anilines is 1. The highest BCUT2D eigenvalue weighted by atomic mass is 32.1. The molecule has 6 heteroatoms. The summed E-state index contributed by atoms with van der Waals surface area (Å²) in [5.41, 5.74) is -0.559. The summed E-state index contributed by atoms with van der Waals surface area (Å²) in [5, 5.41) is 30.5. The van der Waals surface area contributed by atoms with Crippen LogP contribution in [0, 0.1) is 17.3 Å². The van der Waals surface area contributed by atoms with Crippen LogP contribution in [0.5, 0.6) is 0 Å². The number of rotatable bonds is 12. The summed E-state index contributed by atoms with van der Waals surface area (Å²) in [5.74, 6) is 6.30. The van der Waals surface area contributed by atoms with E-state index in [0.29, 0.717) is 5.00 Å². The Balaban J connectivity index is 2.61. The van der Waals surface area contributed by atoms with Crippen LogP contribution in [0.15, 0.2) is 12.1 Å². The van der Waals surface area contributed by atoms with Gasteiger partial charge in [-0.2, -0.15) is 0 Å². The van der Waals surface area contributed by atoms with Gasteiger partial charge in [0.25, 0.3) is 0 Å². The maximum atomic E-state index is 11.9. The number of amides is 1. The van der Waals surface area contributed by atoms with Crippen molar-refractivity contribution in [2.45, 2.75) is 97.6 Å². The van der Waals surface area contributed by atoms with E-state index in [1.807, 2.05) is 20.8 Å². The molecule has 0 unspecified atom stereocenters. The number of nitrogens with zero attached hydrogens (tertiary/aromatic N) is 1. The van der Waals surface area contributed by atoms with Crippen molar-refractivity contribution in [1.82, 2.24) is 0 Å². The highest BCUT2D eigenvalue weighted by molar-refractivity contribution is 7.16. The highest BCUT2D eigenvalue weighted by Gasteiger charge is 2.37. The number of thiophene rings is 1. The maximum Gasteiger partial charge on any atom is 0.412 e. The van der Waals surface area contributed by atoms with Crippen LogP contribution in [-0.2, 0) is 0 Å². The Morgan fingerprint density at radius 3 is 2.23 bits per heavy atom. The van der Waals surface area contributed by atoms with Gasteiger partial charge in [0.05, 0.1) is 23.6 Å². The van der Waals surface area contributed by atoms with Crippen molar-refractivity contribution < 1.29 is 20.1 Å². The molecule has 0 aliphatic heterocycles. The van der Waals surface area contributed by atoms with Crippen LogP contribution in [0.25, 0.3) is 0 Å². The number of hydrogen-bond donors (Lipinski definition) is 3. The van der Waals surface area contributed by atoms with Gasteiger partial charge in [-0.05, 0) is 24.0 Å². The van der Waals surface area contributed by atoms with E-state index >= 15 is 0 Å². The smallest absolute Gasteiger partial charge is 0.412 e. The molecule has 3 N–H and O–H groups in total. The molecule has 2 atom stereocenters. The van der Waals surface area contributed by atoms with Gasteiger partial charge in [0, 0.05) is 6.42 Å². The summed E-state index contributed by atoms with van der Waals surface area (Å²) >= 11 is 1.27. The molecule has 0 aromatic carbocycles. The Bertz CT molecular complexity index is 683. The topological polar surface area (TPSA) is 81.0 Å². The third-order valence-electron chi connectivity index (χ3n) is 5.17. The molecule has 0 saturated carbocycles. The number of hydrogen-bond acceptors (Lipinski definition) is 4. The first kappa shape index (κ1) is 26.5. The van der Waals surface area contributed by atoms with Gasteiger partial charge in [0.2, 0.25) is 0 Å². The number of carbonyl (C=O) groups is 1. The molecule has 0 spiro atoms. The van der Waals surface area contributed by atoms with Gasteiger partial charge in [-0.15, -0.1) is 11.3 Å². The van der Waals surface area contributed by atoms with E-state index in [4.69, 9.17) is 0 Å². The first-order valence-corrected chi connectivity index (χ1v) is 11.9. The normalized spacial score (nSPS) is 13.4. The van der Waals surface area contributed by atoms with Gasteiger partial charge in [0.15, 0.2) is 0 Å². The molecule has 170 valence electrons. The van der Waals surface area contributed by atoms with Gasteiger partial charge in [0.1, 0.15) is 5.00 Å². The number of unbranched alkanes of at least 4 members (excludes halogenated alkanes) is 8. The molecule has 0 saturated heterocycles. The lowest BCUT2D eigenvalue weighted by Crippen LogP contribution is -2.53. The predicted octanol–water partition coefficient (Wildman–Crippen LogP) is 5.88. The number of aliphatic hydroxyl groups is 2. The monoisotopic (exact) mass is 437 g/mol. The Morgan fingerprint density at radius 1 is 1.10 bits per heavy atom. The average molecular weight is 438 g/mol. The van der Waals surface area contributed by atoms with Crippen molar-refractivity contribution in [2.75, 3.05) is 11.5 Å². The molecule has 1 heterocycles. The fourth-order valence-electron chi connectivity index (χ4n) is 3.32. The summed E-state index contributed by atoms with van der Waals surface area (Å²) < 4.78 is 0. The molecule has 1 rings (SSSR count). The minimum atomic E-state index is -1.20. The first-order valence-electron chi connectivity index (χ1n) is 11.1. The van der Waals surface area contributed by atoms with Crippen molar-refractivity contribution in [3.05, 3.63) is 17.0 Å². The quantitative estimate of drug-likeness (QED) is 0.282. The molecule has 1 aromatic rings. The van der Waals surface area contributed by atoms with Crippen LogP contribution in [0.4, 0.5) is 9.80 Å². The zero-order valence-corrected chi connectivity index (χ0v) is 19.8. The Morgan fingerprint density at radius 2 is 1.70 bits per heavy atom. The van der Waals surface area contributed by atoms with E-state index in [9.17, 15) is 20.1 Å². The largest absolute Gasteiger partial charge is 0.465 e. The predicted molar refractivity (Wildman–Crippen MR) is 125 cm³/mol. The van der Waals surface area contributed by atoms with Crippen LogP contribution in [0.3, 0.4) is 0 Å². The Kier molecular flexibility index (Phi) is 12.1. The van der Waals surface area contributed by atoms with E-state index in [-0.39, 0.29) is 0 Å². The average Bonchev–Trinajstić information content (AvgIpc) is 3.14. The van der Waals surface area contributed by atoms with Crippen molar-refractivity contribution in [2.24, 2.45) is 5.41 Å². The van der Waals surface area contributed by atoms with Crippen LogP contribution in [0.1, 0.15) is 90.4 Å². The fraction of sp³-hybridized carbons (Fsp3) is 0.708. The van der Waals surface area contributed by atoms with Gasteiger partial charge < -0.3 is 15.3 Å². The Hall–Kier alpha value is -1.55. The third-order valence-corrected chi connectivity index (χ3v) is 6.17. The molecule has 30 heavy (non-hydrogen) atoms. The van der Waals surface area contributed by atoms with Gasteiger partial charge in [-0.3, -0.25) is 4.90 Å². The Labute approximate surface area is 186 Å². The minimum Gasteiger partial charge on any atom is -0.465 e. The highest BCUT2D eigenvalue weighted by Crippen LogP contribution is 2.32. The third kappa shape index (κ3) is 9.07. The molecule has 0 radical (unpaired) electrons. The van der Waals surface area contributed by atoms with E-state index in [2.05, 4.69) is 18.8 Å². The molecule has 0 aliphatic rings. The lowest BCUT2D eigenvalue weighted by molar-refractivity contribution is 0.0205. The van der Waals surface area contributed by atoms with E-state index < -0.39 is 30.3 Å². The molecule has 1 amide bonds. The second-order valence-corrected chi connectivity index (χ2v) is 9.94. The molecular weight excluding hydrogens is 398 g/mol. The van der Waals surface area contributed by atoms with E-state index in [1.54, 1.807) is 12.1 Å². The molecule has 0 aliphatic carbocycles. The van der Waals surface area contributed by atoms with E-state index in [1.165, 1.54) is 56.3 Å². The van der Waals surface area contributed by atoms with Crippen molar-refractivity contribution >= 4 is 22.4 Å². The zero-order valence-electron chi connectivity index (χ0n) is 19.0. The summed E-state index contributed by atoms with van der Waals surface area (Å²) in [6, 6.07) is 2.56. The second-order valence-electron chi connectivity index (χ2n) is 8.88. The van der Waals surface area contributed by atoms with Gasteiger partial charge in [-0.1, -0.05) is 84.5 Å². The lowest BCUT2D eigenvalue weighted by atomic mass is 9.84. The van der Waals surface area contributed by atoms with Crippen molar-refractivity contribution in [3.8, 4) is 11.8 Å². The second kappa shape index (κ2) is 13.7. The fourth-order valence-corrected chi connectivity index (χ4v) is 4.25. The van der Waals surface area contributed by atoms with E-state index in [0.717, 1.165) is 22.6 Å². The molecule has 0 bridgehead atoms. The summed E-state index contributed by atoms with van der Waals surface area (Å²) in [6.07, 6.45) is 8.78. The van der Waals surface area contributed by atoms with Gasteiger partial charge in [-0.25, -0.2) is 4.79 Å². The lowest BCUT2D eigenvalue weighted by Gasteiger charge is -2.37. The SMILES string of the molecule is CCCCCCCCCCC#Cc1ccc(N(C(=O)O)[C@@H](CO)[C@@H](O)C(C)(C)C)s1. The van der Waals surface area contributed by atoms with Crippen molar-refractivity contribution in [1.29, 1.82) is 0 Å². The van der Waals surface area contributed by atoms with Gasteiger partial charge >= 0.3 is 6.09 Å². The zero-order chi connectivity index (χ0) is 22.6. The summed E-state index contributed by atoms with van der Waals surface area (Å²) in [4.78, 5) is 13.7. The molecule has 1 aromatic heterocycles. The number of carboxylic acid groups (broad SMARTS) is 1. The maximum absolute atomic E-state index is 11.9. The van der Waals surface area contributed by atoms with Crippen molar-refractivity contribution in [3.63, 3.8) is 0 Å². The molecule has 0 fully saturated rings. The summed E-state index contributed by atoms with van der Waals surface area (Å²) in [6.45, 7) is 7.22. The molecule has 5 nitrogen and oxygen atoms in total. The van der Waals surface area contributed by atoms with Crippen LogP contribution >= 0.6 is 11.3 Å². The minimum absolute atomic E-state index is 0.456. The number of aliphatic hydroxyl groups excluding tert-OH is 2. The van der Waals surface area contributed by atoms with Crippen LogP contribution < -0.4 is 4.90 Å². The first-order chi connectivity index (χ1) is 14.2. The standard InChI is InChI=1S/C24H39NO4S/c1-5-6-7-8-9-10-11-12-13-14-15-19-16-17-21(30-19)25(23(28)29)20(18-26)22(27)24(2,3)4/h16-17,20,22,26-27H,5-13,18H2,1-4H3,(H,28,29)/t20-,22+/m0/s1. The summed E-state index contributed by atoms with van der Waals surface area (Å²) in [7, 11) is 0.